The number of rotatable bonds is 0. The second-order valence-corrected chi connectivity index (χ2v) is 11.8. The molecule has 0 radical (unpaired) electrons. The van der Waals surface area contributed by atoms with Crippen LogP contribution < -0.4 is 16.0 Å². The fourth-order valence-electron chi connectivity index (χ4n) is 6.37. The summed E-state index contributed by atoms with van der Waals surface area (Å²) in [5, 5.41) is 0.629. The van der Waals surface area contributed by atoms with Crippen molar-refractivity contribution in [3.05, 3.63) is 143 Å². The van der Waals surface area contributed by atoms with E-state index >= 15 is 35.1 Å². The van der Waals surface area contributed by atoms with Crippen molar-refractivity contribution >= 4 is 34.1 Å². The zero-order valence-electron chi connectivity index (χ0n) is 26.6. The normalized spacial score (nSPS) is 19.1. The van der Waals surface area contributed by atoms with E-state index in [-0.39, 0.29) is 0 Å². The van der Waals surface area contributed by atoms with Crippen LogP contribution in [-0.4, -0.2) is 23.3 Å². The van der Waals surface area contributed by atoms with Gasteiger partial charge >= 0.3 is 21.0 Å². The van der Waals surface area contributed by atoms with Crippen molar-refractivity contribution < 1.29 is 91.3 Å². The molecular formula is C32H2F16N8OV. The predicted molar refractivity (Wildman–Crippen MR) is 154 cm³/mol. The van der Waals surface area contributed by atoms with Gasteiger partial charge in [0.05, 0.1) is 35.1 Å². The first kappa shape index (κ1) is 38.6. The van der Waals surface area contributed by atoms with Crippen molar-refractivity contribution in [3.63, 3.8) is 0 Å². The van der Waals surface area contributed by atoms with E-state index in [0.29, 0.717) is 0 Å². The Morgan fingerprint density at radius 2 is 0.776 bits per heavy atom. The van der Waals surface area contributed by atoms with Gasteiger partial charge in [0.25, 0.3) is 0 Å². The summed E-state index contributed by atoms with van der Waals surface area (Å²) in [5.41, 5.74) is -11.6. The number of nitrogens with zero attached hydrogens (tertiary/aromatic N) is 8. The number of benzene rings is 4. The molecule has 5 aromatic rings. The maximum atomic E-state index is 15.4. The van der Waals surface area contributed by atoms with Gasteiger partial charge in [0.2, 0.25) is 0 Å². The molecular weight excluding hydrogens is 867 g/mol. The zero-order valence-corrected chi connectivity index (χ0v) is 28.0. The Morgan fingerprint density at radius 1 is 0.379 bits per heavy atom. The predicted octanol–water partition coefficient (Wildman–Crippen LogP) is 6.65. The SMILES string of the molecule is Fc1c(F)c(F)c2c(c1F)C1=N/C2=N\C2[N-]/C(=N\C3N=C(N=c4[n-]c(c5c(F)c(F)c(F)c(F)c45)=N1)c1c(F)c(F)c(F)c(F)c13)c1c(F)c(F)c(F)c(F)c12.[O]=[V+2]. The van der Waals surface area contributed by atoms with Crippen molar-refractivity contribution in [1.82, 2.24) is 4.98 Å². The Balaban J connectivity index is 0.00000231. The first-order chi connectivity index (χ1) is 27.4. The van der Waals surface area contributed by atoms with Crippen LogP contribution in [0.3, 0.4) is 0 Å². The number of amidine groups is 4. The van der Waals surface area contributed by atoms with Gasteiger partial charge in [-0.3, -0.25) is 9.98 Å². The molecule has 0 fully saturated rings. The van der Waals surface area contributed by atoms with Crippen LogP contribution in [0, 0.1) is 93.1 Å². The summed E-state index contributed by atoms with van der Waals surface area (Å²) in [5.74, 6) is -44.3. The first-order valence-electron chi connectivity index (χ1n) is 15.0. The van der Waals surface area contributed by atoms with Crippen LogP contribution in [0.2, 0.25) is 0 Å². The van der Waals surface area contributed by atoms with Crippen LogP contribution in [0.25, 0.3) is 16.1 Å². The van der Waals surface area contributed by atoms with Crippen LogP contribution >= 0.6 is 0 Å². The third-order valence-corrected chi connectivity index (χ3v) is 8.82. The molecule has 0 amide bonds. The standard InChI is InChI=1S/C32H2F16N8.O.V/c33-9-1-2(10(34)18(42)17(9)41)26-49-25(1)53-27-3-4(12(36)20(44)19(43)11(3)35)29(50-27)55-31-7-8(16(40)24(48)23(47)15(7)39)32(52-31)56-30-6-5(28(51-30)54-26)13(37)21(45)22(46)14(6)38;;/h25,28H;;/q-2;;+2. The summed E-state index contributed by atoms with van der Waals surface area (Å²) < 4.78 is 248. The van der Waals surface area contributed by atoms with Gasteiger partial charge in [-0.05, 0) is 0 Å². The van der Waals surface area contributed by atoms with Gasteiger partial charge in [0.1, 0.15) is 0 Å². The molecule has 1 aromatic heterocycles. The molecule has 0 spiro atoms. The molecule has 0 aliphatic carbocycles. The molecule has 58 heavy (non-hydrogen) atoms. The van der Waals surface area contributed by atoms with Crippen molar-refractivity contribution in [1.29, 1.82) is 0 Å². The molecule has 26 heteroatoms. The van der Waals surface area contributed by atoms with Crippen LogP contribution in [0.15, 0.2) is 30.0 Å². The summed E-state index contributed by atoms with van der Waals surface area (Å²) in [6, 6.07) is 0. The molecule has 8 bridgehead atoms. The van der Waals surface area contributed by atoms with Gasteiger partial charge in [-0.25, -0.2) is 75.2 Å². The average molecular weight is 869 g/mol. The molecule has 4 aliphatic heterocycles. The molecule has 2 atom stereocenters. The van der Waals surface area contributed by atoms with Crippen molar-refractivity contribution in [3.8, 4) is 0 Å². The van der Waals surface area contributed by atoms with Crippen LogP contribution in [0.5, 0.6) is 0 Å². The van der Waals surface area contributed by atoms with Gasteiger partial charge in [-0.2, -0.15) is 0 Å². The molecule has 0 saturated heterocycles. The fraction of sp³-hybridized carbons (Fsp3) is 0.0625. The summed E-state index contributed by atoms with van der Waals surface area (Å²) in [4.78, 5) is 25.1. The molecule has 0 saturated carbocycles. The minimum atomic E-state index is -2.56. The third kappa shape index (κ3) is 5.01. The number of halogens is 16. The number of fused-ring (bicyclic) bond motifs is 18. The van der Waals surface area contributed by atoms with E-state index < -0.39 is 184 Å². The fourth-order valence-corrected chi connectivity index (χ4v) is 6.37. The van der Waals surface area contributed by atoms with Gasteiger partial charge in [0.15, 0.2) is 98.9 Å². The maximum absolute atomic E-state index is 15.4. The van der Waals surface area contributed by atoms with Crippen molar-refractivity contribution in [2.24, 2.45) is 30.0 Å². The quantitative estimate of drug-likeness (QED) is 0.0985. The van der Waals surface area contributed by atoms with E-state index in [9.17, 15) is 35.1 Å². The molecule has 4 aromatic carbocycles. The molecule has 0 N–H and O–H groups in total. The first-order valence-corrected chi connectivity index (χ1v) is 15.6. The minimum absolute atomic E-state index is 1.06. The molecule has 9 rings (SSSR count). The van der Waals surface area contributed by atoms with Gasteiger partial charge in [-0.1, -0.05) is 5.84 Å². The Morgan fingerprint density at radius 3 is 1.31 bits per heavy atom. The van der Waals surface area contributed by atoms with E-state index in [4.69, 9.17) is 3.67 Å². The topological polar surface area (TPSA) is 119 Å². The number of hydrogen-bond donors (Lipinski definition) is 0. The second kappa shape index (κ2) is 13.2. The van der Waals surface area contributed by atoms with Gasteiger partial charge in [-0.15, -0.1) is 0 Å². The monoisotopic (exact) mass is 869 g/mol. The van der Waals surface area contributed by atoms with Crippen LogP contribution in [0.1, 0.15) is 45.7 Å². The average Bonchev–Trinajstić information content (AvgIpc) is 3.96. The zero-order chi connectivity index (χ0) is 42.1. The van der Waals surface area contributed by atoms with Gasteiger partial charge < -0.3 is 25.3 Å². The van der Waals surface area contributed by atoms with E-state index in [1.54, 1.807) is 0 Å². The van der Waals surface area contributed by atoms with E-state index in [1.165, 1.54) is 0 Å². The number of hydrogen-bond acceptors (Lipinski definition) is 7. The molecule has 2 unspecified atom stereocenters. The van der Waals surface area contributed by atoms with Crippen molar-refractivity contribution in [2.75, 3.05) is 0 Å². The summed E-state index contributed by atoms with van der Waals surface area (Å²) in [6.07, 6.45) is -5.12. The molecule has 9 nitrogen and oxygen atoms in total. The van der Waals surface area contributed by atoms with Crippen LogP contribution in [0.4, 0.5) is 70.2 Å². The van der Waals surface area contributed by atoms with Gasteiger partial charge in [0, 0.05) is 44.0 Å². The third-order valence-electron chi connectivity index (χ3n) is 8.82. The van der Waals surface area contributed by atoms with Crippen molar-refractivity contribution in [2.45, 2.75) is 12.3 Å². The molecule has 293 valence electrons. The van der Waals surface area contributed by atoms with Crippen LogP contribution in [-0.2, 0) is 21.0 Å². The Kier molecular flexibility index (Phi) is 8.76. The number of aliphatic imine (C=N–C) groups is 4. The van der Waals surface area contributed by atoms with E-state index in [1.807, 2.05) is 0 Å². The second-order valence-electron chi connectivity index (χ2n) is 11.8. The number of aromatic nitrogens is 1. The Hall–Kier alpha value is -6.24. The Labute approximate surface area is 315 Å². The summed E-state index contributed by atoms with van der Waals surface area (Å²) >= 11 is 1.06. The van der Waals surface area contributed by atoms with E-state index in [0.717, 1.165) is 17.4 Å². The van der Waals surface area contributed by atoms with E-state index in [2.05, 4.69) is 40.3 Å². The Bertz CT molecular complexity index is 3070. The summed E-state index contributed by atoms with van der Waals surface area (Å²) in [6.45, 7) is 0. The molecule has 5 heterocycles. The molecule has 4 aliphatic rings. The summed E-state index contributed by atoms with van der Waals surface area (Å²) in [7, 11) is 0.